The van der Waals surface area contributed by atoms with E-state index in [0.29, 0.717) is 5.71 Å². The average Bonchev–Trinajstić information content (AvgIpc) is 2.64. The number of carbonyl (C=O) groups excluding carboxylic acids is 1. The van der Waals surface area contributed by atoms with E-state index in [1.165, 1.54) is 4.90 Å². The third-order valence-electron chi connectivity index (χ3n) is 3.40. The Kier molecular flexibility index (Phi) is 3.73. The van der Waals surface area contributed by atoms with Crippen LogP contribution in [0, 0.1) is 0 Å². The van der Waals surface area contributed by atoms with Crippen molar-refractivity contribution in [2.75, 3.05) is 10.9 Å². The second kappa shape index (κ2) is 5.68. The first kappa shape index (κ1) is 13.8. The fourth-order valence-electron chi connectivity index (χ4n) is 2.40. The van der Waals surface area contributed by atoms with E-state index in [-0.39, 0.29) is 11.9 Å². The molecule has 5 heteroatoms. The molecule has 1 atom stereocenters. The van der Waals surface area contributed by atoms with Gasteiger partial charge in [-0.1, -0.05) is 48.5 Å². The van der Waals surface area contributed by atoms with Gasteiger partial charge in [0, 0.05) is 11.1 Å². The number of hydrogen-bond donors (Lipinski definition) is 1. The number of benzodiazepines with no additional fused rings is 1. The van der Waals surface area contributed by atoms with E-state index >= 15 is 0 Å². The average molecular weight is 300 g/mol. The number of fused-ring (bicyclic) bond motifs is 1. The van der Waals surface area contributed by atoms with Gasteiger partial charge in [-0.05, 0) is 6.07 Å². The van der Waals surface area contributed by atoms with E-state index in [0.717, 1.165) is 16.8 Å². The monoisotopic (exact) mass is 299 g/mol. The maximum Gasteiger partial charge on any atom is 0.267 e. The molecule has 0 aromatic heterocycles. The van der Waals surface area contributed by atoms with Crippen molar-refractivity contribution in [3.8, 4) is 0 Å². The molecule has 1 aliphatic rings. The highest BCUT2D eigenvalue weighted by molar-refractivity contribution is 6.25. The highest BCUT2D eigenvalue weighted by Crippen LogP contribution is 2.27. The SMILES string of the molecule is N[C@H]1N=C(c2ccccc2)c2ccccc2N(CCl)C1=O. The highest BCUT2D eigenvalue weighted by Gasteiger charge is 2.29. The Morgan fingerprint density at radius 3 is 2.48 bits per heavy atom. The van der Waals surface area contributed by atoms with Gasteiger partial charge in [0.15, 0.2) is 6.17 Å². The molecule has 4 nitrogen and oxygen atoms in total. The smallest absolute Gasteiger partial charge is 0.267 e. The first-order valence-electron chi connectivity index (χ1n) is 6.58. The molecular weight excluding hydrogens is 286 g/mol. The molecule has 0 aliphatic carbocycles. The Balaban J connectivity index is 2.24. The number of nitrogens with two attached hydrogens (primary N) is 1. The lowest BCUT2D eigenvalue weighted by Crippen LogP contribution is -2.41. The standard InChI is InChI=1S/C16H14ClN3O/c17-10-20-13-9-5-4-8-12(13)14(19-15(18)16(20)21)11-6-2-1-3-7-11/h1-9,15H,10,18H2/t15-/m0/s1. The van der Waals surface area contributed by atoms with Crippen LogP contribution in [-0.2, 0) is 4.79 Å². The molecule has 2 aromatic carbocycles. The number of nitrogens with zero attached hydrogens (tertiary/aromatic N) is 2. The van der Waals surface area contributed by atoms with Crippen LogP contribution >= 0.6 is 11.6 Å². The zero-order valence-electron chi connectivity index (χ0n) is 11.2. The van der Waals surface area contributed by atoms with E-state index < -0.39 is 6.17 Å². The minimum absolute atomic E-state index is 0.0428. The zero-order chi connectivity index (χ0) is 14.8. The third-order valence-corrected chi connectivity index (χ3v) is 3.64. The maximum absolute atomic E-state index is 12.3. The normalized spacial score (nSPS) is 18.0. The summed E-state index contributed by atoms with van der Waals surface area (Å²) < 4.78 is 0. The quantitative estimate of drug-likeness (QED) is 0.683. The minimum atomic E-state index is -0.952. The van der Waals surface area contributed by atoms with E-state index in [1.807, 2.05) is 54.6 Å². The van der Waals surface area contributed by atoms with E-state index in [1.54, 1.807) is 0 Å². The Hall–Kier alpha value is -2.17. The van der Waals surface area contributed by atoms with Gasteiger partial charge in [0.1, 0.15) is 6.00 Å². The van der Waals surface area contributed by atoms with Crippen molar-refractivity contribution < 1.29 is 4.79 Å². The van der Waals surface area contributed by atoms with Crippen molar-refractivity contribution >= 4 is 28.9 Å². The van der Waals surface area contributed by atoms with Gasteiger partial charge in [-0.25, -0.2) is 0 Å². The number of rotatable bonds is 2. The topological polar surface area (TPSA) is 58.7 Å². The lowest BCUT2D eigenvalue weighted by molar-refractivity contribution is -0.119. The molecule has 0 saturated carbocycles. The number of hydrogen-bond acceptors (Lipinski definition) is 3. The number of aliphatic imine (C=N–C) groups is 1. The van der Waals surface area contributed by atoms with Gasteiger partial charge >= 0.3 is 0 Å². The predicted molar refractivity (Wildman–Crippen MR) is 84.7 cm³/mol. The van der Waals surface area contributed by atoms with Crippen molar-refractivity contribution in [2.45, 2.75) is 6.17 Å². The van der Waals surface area contributed by atoms with Crippen molar-refractivity contribution in [1.82, 2.24) is 0 Å². The molecule has 1 amide bonds. The molecule has 0 saturated heterocycles. The summed E-state index contributed by atoms with van der Waals surface area (Å²) >= 11 is 5.93. The Morgan fingerprint density at radius 2 is 1.76 bits per heavy atom. The van der Waals surface area contributed by atoms with Gasteiger partial charge in [0.25, 0.3) is 5.91 Å². The summed E-state index contributed by atoms with van der Waals surface area (Å²) in [6.07, 6.45) is -0.952. The van der Waals surface area contributed by atoms with Crippen molar-refractivity contribution in [3.63, 3.8) is 0 Å². The second-order valence-corrected chi connectivity index (χ2v) is 4.93. The van der Waals surface area contributed by atoms with Crippen LogP contribution in [0.15, 0.2) is 59.6 Å². The van der Waals surface area contributed by atoms with E-state index in [4.69, 9.17) is 17.3 Å². The summed E-state index contributed by atoms with van der Waals surface area (Å²) in [5.74, 6) is -0.302. The molecule has 3 rings (SSSR count). The van der Waals surface area contributed by atoms with Gasteiger partial charge < -0.3 is 5.73 Å². The number of anilines is 1. The molecule has 0 radical (unpaired) electrons. The van der Waals surface area contributed by atoms with Crippen molar-refractivity contribution in [3.05, 3.63) is 65.7 Å². The summed E-state index contributed by atoms with van der Waals surface area (Å²) in [6, 6.07) is 17.3. The van der Waals surface area contributed by atoms with Crippen LogP contribution in [0.5, 0.6) is 0 Å². The molecule has 0 fully saturated rings. The first-order chi connectivity index (χ1) is 10.2. The predicted octanol–water partition coefficient (Wildman–Crippen LogP) is 2.35. The molecule has 1 heterocycles. The second-order valence-electron chi connectivity index (χ2n) is 4.69. The van der Waals surface area contributed by atoms with Crippen LogP contribution in [0.2, 0.25) is 0 Å². The summed E-state index contributed by atoms with van der Waals surface area (Å²) in [5, 5.41) is 0. The zero-order valence-corrected chi connectivity index (χ0v) is 12.0. The van der Waals surface area contributed by atoms with Crippen LogP contribution in [0.3, 0.4) is 0 Å². The lowest BCUT2D eigenvalue weighted by Gasteiger charge is -2.21. The van der Waals surface area contributed by atoms with E-state index in [9.17, 15) is 4.79 Å². The molecule has 2 N–H and O–H groups in total. The molecule has 21 heavy (non-hydrogen) atoms. The number of halogens is 1. The molecule has 0 bridgehead atoms. The summed E-state index contributed by atoms with van der Waals surface area (Å²) in [6.45, 7) is 0. The Morgan fingerprint density at radius 1 is 1.10 bits per heavy atom. The summed E-state index contributed by atoms with van der Waals surface area (Å²) in [4.78, 5) is 18.2. The highest BCUT2D eigenvalue weighted by atomic mass is 35.5. The number of carbonyl (C=O) groups is 1. The number of para-hydroxylation sites is 1. The minimum Gasteiger partial charge on any atom is -0.302 e. The lowest BCUT2D eigenvalue weighted by atomic mass is 10.0. The van der Waals surface area contributed by atoms with Crippen LogP contribution < -0.4 is 10.6 Å². The van der Waals surface area contributed by atoms with Crippen LogP contribution in [-0.4, -0.2) is 23.8 Å². The molecule has 106 valence electrons. The fraction of sp³-hybridized carbons (Fsp3) is 0.125. The maximum atomic E-state index is 12.3. The van der Waals surface area contributed by atoms with Crippen LogP contribution in [0.25, 0.3) is 0 Å². The largest absolute Gasteiger partial charge is 0.302 e. The molecule has 0 unspecified atom stereocenters. The van der Waals surface area contributed by atoms with Gasteiger partial charge in [-0.3, -0.25) is 14.7 Å². The van der Waals surface area contributed by atoms with Crippen LogP contribution in [0.1, 0.15) is 11.1 Å². The van der Waals surface area contributed by atoms with Gasteiger partial charge in [0.2, 0.25) is 0 Å². The third kappa shape index (κ3) is 2.44. The van der Waals surface area contributed by atoms with Gasteiger partial charge in [0.05, 0.1) is 11.4 Å². The van der Waals surface area contributed by atoms with Crippen LogP contribution in [0.4, 0.5) is 5.69 Å². The molecular formula is C16H14ClN3O. The number of benzene rings is 2. The molecule has 2 aromatic rings. The number of amides is 1. The Labute approximate surface area is 127 Å². The van der Waals surface area contributed by atoms with Gasteiger partial charge in [-0.15, -0.1) is 11.6 Å². The first-order valence-corrected chi connectivity index (χ1v) is 7.11. The molecule has 0 spiro atoms. The number of alkyl halides is 1. The summed E-state index contributed by atoms with van der Waals surface area (Å²) in [7, 11) is 0. The van der Waals surface area contributed by atoms with Crippen molar-refractivity contribution in [2.24, 2.45) is 10.7 Å². The molecule has 1 aliphatic heterocycles. The summed E-state index contributed by atoms with van der Waals surface area (Å²) in [5.41, 5.74) is 9.13. The Bertz CT molecular complexity index is 700. The fourth-order valence-corrected chi connectivity index (χ4v) is 2.65. The van der Waals surface area contributed by atoms with Crippen molar-refractivity contribution in [1.29, 1.82) is 0 Å². The van der Waals surface area contributed by atoms with Gasteiger partial charge in [-0.2, -0.15) is 0 Å². The van der Waals surface area contributed by atoms with E-state index in [2.05, 4.69) is 4.99 Å².